The summed E-state index contributed by atoms with van der Waals surface area (Å²) >= 11 is 0. The lowest BCUT2D eigenvalue weighted by molar-refractivity contribution is -0.138. The van der Waals surface area contributed by atoms with Crippen LogP contribution in [0.2, 0.25) is 0 Å². The van der Waals surface area contributed by atoms with Crippen LogP contribution in [0.15, 0.2) is 11.1 Å². The molecule has 0 rings (SSSR count). The summed E-state index contributed by atoms with van der Waals surface area (Å²) in [6.07, 6.45) is 1.27. The van der Waals surface area contributed by atoms with Crippen molar-refractivity contribution in [2.45, 2.75) is 33.1 Å². The molecular formula is C11H14O4. The summed E-state index contributed by atoms with van der Waals surface area (Å²) in [7, 11) is 0. The molecule has 0 atom stereocenters. The van der Waals surface area contributed by atoms with Gasteiger partial charge < -0.3 is 4.74 Å². The summed E-state index contributed by atoms with van der Waals surface area (Å²) in [5, 5.41) is 0. The zero-order valence-corrected chi connectivity index (χ0v) is 8.96. The fraction of sp³-hybridized carbons (Fsp3) is 0.545. The average molecular weight is 210 g/mol. The molecule has 0 aromatic rings. The Labute approximate surface area is 88.6 Å². The van der Waals surface area contributed by atoms with E-state index in [4.69, 9.17) is 0 Å². The number of allylic oxidation sites excluding steroid dienone is 1. The topological polar surface area (TPSA) is 60.4 Å². The SMILES string of the molecule is CCCC(=C=O)CC(=C=O)C(=O)OCC. The van der Waals surface area contributed by atoms with Gasteiger partial charge >= 0.3 is 5.97 Å². The second-order valence-corrected chi connectivity index (χ2v) is 2.93. The van der Waals surface area contributed by atoms with E-state index in [0.29, 0.717) is 12.0 Å². The molecule has 0 aliphatic carbocycles. The predicted octanol–water partition coefficient (Wildman–Crippen LogP) is 1.26. The first-order valence-corrected chi connectivity index (χ1v) is 4.83. The molecule has 0 aliphatic heterocycles. The normalized spacial score (nSPS) is 8.67. The minimum absolute atomic E-state index is 0.0142. The van der Waals surface area contributed by atoms with Gasteiger partial charge in [0.1, 0.15) is 17.5 Å². The third kappa shape index (κ3) is 4.96. The van der Waals surface area contributed by atoms with Crippen molar-refractivity contribution in [1.29, 1.82) is 0 Å². The summed E-state index contributed by atoms with van der Waals surface area (Å²) in [6, 6.07) is 0. The third-order valence-corrected chi connectivity index (χ3v) is 1.73. The van der Waals surface area contributed by atoms with Gasteiger partial charge in [0.25, 0.3) is 0 Å². The zero-order chi connectivity index (χ0) is 11.7. The number of hydrogen-bond acceptors (Lipinski definition) is 4. The molecule has 0 amide bonds. The van der Waals surface area contributed by atoms with Crippen molar-refractivity contribution in [1.82, 2.24) is 0 Å². The Morgan fingerprint density at radius 1 is 1.20 bits per heavy atom. The first-order valence-electron chi connectivity index (χ1n) is 4.83. The first kappa shape index (κ1) is 13.4. The smallest absolute Gasteiger partial charge is 0.345 e. The van der Waals surface area contributed by atoms with Gasteiger partial charge in [0.05, 0.1) is 6.61 Å². The van der Waals surface area contributed by atoms with Crippen LogP contribution in [0.4, 0.5) is 0 Å². The molecule has 0 saturated heterocycles. The van der Waals surface area contributed by atoms with Crippen LogP contribution in [0, 0.1) is 0 Å². The summed E-state index contributed by atoms with van der Waals surface area (Å²) in [5.74, 6) is 2.51. The van der Waals surface area contributed by atoms with Crippen LogP contribution in [0.25, 0.3) is 0 Å². The minimum Gasteiger partial charge on any atom is -0.462 e. The van der Waals surface area contributed by atoms with Crippen molar-refractivity contribution >= 4 is 17.9 Å². The molecule has 0 bridgehead atoms. The van der Waals surface area contributed by atoms with Crippen LogP contribution < -0.4 is 0 Å². The van der Waals surface area contributed by atoms with E-state index in [-0.39, 0.29) is 18.6 Å². The highest BCUT2D eigenvalue weighted by Crippen LogP contribution is 2.12. The van der Waals surface area contributed by atoms with E-state index in [9.17, 15) is 14.4 Å². The molecule has 0 unspecified atom stereocenters. The fourth-order valence-electron chi connectivity index (χ4n) is 1.06. The molecular weight excluding hydrogens is 196 g/mol. The summed E-state index contributed by atoms with van der Waals surface area (Å²) in [6.45, 7) is 3.73. The van der Waals surface area contributed by atoms with Crippen LogP contribution >= 0.6 is 0 Å². The fourth-order valence-corrected chi connectivity index (χ4v) is 1.06. The highest BCUT2D eigenvalue weighted by Gasteiger charge is 2.14. The standard InChI is InChI=1S/C11H14O4/c1-3-5-9(7-12)6-10(8-13)11(14)15-4-2/h3-6H2,1-2H3. The Bertz CT molecular complexity index is 317. The molecule has 82 valence electrons. The van der Waals surface area contributed by atoms with Gasteiger partial charge in [0, 0.05) is 12.0 Å². The van der Waals surface area contributed by atoms with Crippen LogP contribution in [0.5, 0.6) is 0 Å². The van der Waals surface area contributed by atoms with E-state index in [1.807, 2.05) is 6.92 Å². The molecule has 0 N–H and O–H groups in total. The van der Waals surface area contributed by atoms with Gasteiger partial charge in [0.2, 0.25) is 0 Å². The van der Waals surface area contributed by atoms with Gasteiger partial charge in [-0.2, -0.15) is 0 Å². The Balaban J connectivity index is 4.53. The average Bonchev–Trinajstić information content (AvgIpc) is 2.24. The van der Waals surface area contributed by atoms with Gasteiger partial charge in [-0.05, 0) is 13.3 Å². The Hall–Kier alpha value is -1.63. The monoisotopic (exact) mass is 210 g/mol. The van der Waals surface area contributed by atoms with E-state index in [1.54, 1.807) is 12.9 Å². The van der Waals surface area contributed by atoms with Gasteiger partial charge in [-0.25, -0.2) is 14.4 Å². The van der Waals surface area contributed by atoms with E-state index >= 15 is 0 Å². The second-order valence-electron chi connectivity index (χ2n) is 2.93. The van der Waals surface area contributed by atoms with E-state index in [2.05, 4.69) is 4.74 Å². The maximum atomic E-state index is 11.2. The molecule has 4 nitrogen and oxygen atoms in total. The minimum atomic E-state index is -0.712. The molecule has 0 heterocycles. The van der Waals surface area contributed by atoms with E-state index in [1.165, 1.54) is 5.94 Å². The van der Waals surface area contributed by atoms with E-state index < -0.39 is 5.97 Å². The maximum Gasteiger partial charge on any atom is 0.345 e. The van der Waals surface area contributed by atoms with Gasteiger partial charge in [-0.1, -0.05) is 13.3 Å². The number of carbonyl (C=O) groups excluding carboxylic acids is 3. The summed E-state index contributed by atoms with van der Waals surface area (Å²) < 4.78 is 4.64. The Kier molecular flexibility index (Phi) is 6.90. The molecule has 0 aromatic heterocycles. The molecule has 0 aromatic carbocycles. The van der Waals surface area contributed by atoms with Crippen molar-refractivity contribution in [3.63, 3.8) is 0 Å². The molecule has 0 fully saturated rings. The largest absolute Gasteiger partial charge is 0.462 e. The lowest BCUT2D eigenvalue weighted by Crippen LogP contribution is -2.09. The van der Waals surface area contributed by atoms with Crippen LogP contribution in [0.3, 0.4) is 0 Å². The number of esters is 1. The van der Waals surface area contributed by atoms with Crippen LogP contribution in [-0.4, -0.2) is 24.5 Å². The van der Waals surface area contributed by atoms with E-state index in [0.717, 1.165) is 6.42 Å². The molecule has 0 radical (unpaired) electrons. The number of carbonyl (C=O) groups is 1. The summed E-state index contributed by atoms with van der Waals surface area (Å²) in [4.78, 5) is 32.1. The predicted molar refractivity (Wildman–Crippen MR) is 54.6 cm³/mol. The quantitative estimate of drug-likeness (QED) is 0.376. The van der Waals surface area contributed by atoms with Gasteiger partial charge in [0.15, 0.2) is 0 Å². The van der Waals surface area contributed by atoms with Gasteiger partial charge in [-0.3, -0.25) is 0 Å². The van der Waals surface area contributed by atoms with Gasteiger partial charge in [-0.15, -0.1) is 0 Å². The molecule has 0 aliphatic rings. The van der Waals surface area contributed by atoms with Crippen molar-refractivity contribution < 1.29 is 19.1 Å². The lowest BCUT2D eigenvalue weighted by Gasteiger charge is -2.03. The Morgan fingerprint density at radius 2 is 1.87 bits per heavy atom. The highest BCUT2D eigenvalue weighted by atomic mass is 16.5. The first-order chi connectivity index (χ1) is 7.19. The maximum absolute atomic E-state index is 11.2. The lowest BCUT2D eigenvalue weighted by atomic mass is 10.0. The zero-order valence-electron chi connectivity index (χ0n) is 8.96. The summed E-state index contributed by atoms with van der Waals surface area (Å²) in [5.41, 5.74) is 0.243. The van der Waals surface area contributed by atoms with Crippen LogP contribution in [-0.2, 0) is 19.1 Å². The number of ether oxygens (including phenoxy) is 1. The van der Waals surface area contributed by atoms with Crippen molar-refractivity contribution in [2.75, 3.05) is 6.61 Å². The number of rotatable bonds is 6. The second kappa shape index (κ2) is 7.74. The third-order valence-electron chi connectivity index (χ3n) is 1.73. The molecule has 0 spiro atoms. The molecule has 4 heteroatoms. The molecule has 0 saturated carbocycles. The molecule has 15 heavy (non-hydrogen) atoms. The van der Waals surface area contributed by atoms with Crippen molar-refractivity contribution in [2.24, 2.45) is 0 Å². The van der Waals surface area contributed by atoms with Crippen molar-refractivity contribution in [3.8, 4) is 0 Å². The van der Waals surface area contributed by atoms with Crippen molar-refractivity contribution in [3.05, 3.63) is 11.1 Å². The number of hydrogen-bond donors (Lipinski definition) is 0. The van der Waals surface area contributed by atoms with Crippen LogP contribution in [0.1, 0.15) is 33.1 Å². The Morgan fingerprint density at radius 3 is 2.27 bits per heavy atom. The highest BCUT2D eigenvalue weighted by molar-refractivity contribution is 5.97.